The van der Waals surface area contributed by atoms with Gasteiger partial charge in [0.25, 0.3) is 0 Å². The first-order chi connectivity index (χ1) is 8.41. The van der Waals surface area contributed by atoms with Crippen LogP contribution in [0.4, 0.5) is 0 Å². The van der Waals surface area contributed by atoms with Crippen LogP contribution in [0.2, 0.25) is 10.0 Å². The van der Waals surface area contributed by atoms with Gasteiger partial charge in [0, 0.05) is 15.6 Å². The number of rotatable bonds is 2. The molecule has 0 aromatic heterocycles. The summed E-state index contributed by atoms with van der Waals surface area (Å²) in [6, 6.07) is 11.4. The van der Waals surface area contributed by atoms with Crippen LogP contribution in [-0.2, 0) is 5.60 Å². The van der Waals surface area contributed by atoms with Crippen molar-refractivity contribution in [3.05, 3.63) is 63.6 Å². The van der Waals surface area contributed by atoms with Crippen molar-refractivity contribution < 1.29 is 10.2 Å². The Kier molecular flexibility index (Phi) is 3.53. The molecule has 2 nitrogen and oxygen atoms in total. The van der Waals surface area contributed by atoms with E-state index in [1.54, 1.807) is 37.3 Å². The van der Waals surface area contributed by atoms with E-state index in [1.807, 2.05) is 0 Å². The molecule has 0 aliphatic carbocycles. The van der Waals surface area contributed by atoms with Crippen LogP contribution in [0.3, 0.4) is 0 Å². The molecule has 0 aliphatic heterocycles. The first-order valence-electron chi connectivity index (χ1n) is 5.38. The van der Waals surface area contributed by atoms with Crippen LogP contribution >= 0.6 is 23.2 Å². The summed E-state index contributed by atoms with van der Waals surface area (Å²) in [5.74, 6) is -0.00984. The number of aromatic hydroxyl groups is 1. The lowest BCUT2D eigenvalue weighted by Gasteiger charge is -2.25. The molecule has 1 atom stereocenters. The fourth-order valence-electron chi connectivity index (χ4n) is 1.84. The smallest absolute Gasteiger partial charge is 0.122 e. The Bertz CT molecular complexity index is 580. The van der Waals surface area contributed by atoms with Gasteiger partial charge in [-0.3, -0.25) is 0 Å². The van der Waals surface area contributed by atoms with Gasteiger partial charge in [0.1, 0.15) is 11.4 Å². The van der Waals surface area contributed by atoms with Gasteiger partial charge in [0.15, 0.2) is 0 Å². The molecule has 0 bridgehead atoms. The molecule has 2 N–H and O–H groups in total. The molecule has 1 unspecified atom stereocenters. The SMILES string of the molecule is CC(O)(c1cccc(Cl)c1)c1cc(Cl)ccc1O. The minimum Gasteiger partial charge on any atom is -0.508 e. The predicted molar refractivity (Wildman–Crippen MR) is 73.2 cm³/mol. The zero-order valence-electron chi connectivity index (χ0n) is 9.69. The van der Waals surface area contributed by atoms with E-state index in [0.29, 0.717) is 21.2 Å². The number of halogens is 2. The minimum atomic E-state index is -1.36. The summed E-state index contributed by atoms with van der Waals surface area (Å²) in [6.45, 7) is 1.59. The average Bonchev–Trinajstić information content (AvgIpc) is 2.32. The average molecular weight is 283 g/mol. The number of hydrogen-bond donors (Lipinski definition) is 2. The van der Waals surface area contributed by atoms with E-state index in [9.17, 15) is 10.2 Å². The molecule has 18 heavy (non-hydrogen) atoms. The molecule has 0 spiro atoms. The summed E-state index contributed by atoms with van der Waals surface area (Å²) in [4.78, 5) is 0. The summed E-state index contributed by atoms with van der Waals surface area (Å²) in [5, 5.41) is 21.4. The van der Waals surface area contributed by atoms with Gasteiger partial charge in [0.05, 0.1) is 0 Å². The maximum Gasteiger partial charge on any atom is 0.122 e. The first kappa shape index (κ1) is 13.2. The van der Waals surface area contributed by atoms with Crippen molar-refractivity contribution >= 4 is 23.2 Å². The number of benzene rings is 2. The zero-order valence-corrected chi connectivity index (χ0v) is 11.2. The second-order valence-corrected chi connectivity index (χ2v) is 5.12. The van der Waals surface area contributed by atoms with Crippen molar-refractivity contribution in [2.24, 2.45) is 0 Å². The van der Waals surface area contributed by atoms with E-state index in [2.05, 4.69) is 0 Å². The quantitative estimate of drug-likeness (QED) is 0.876. The Morgan fingerprint density at radius 2 is 1.67 bits per heavy atom. The third-order valence-corrected chi connectivity index (χ3v) is 3.34. The van der Waals surface area contributed by atoms with E-state index in [1.165, 1.54) is 12.1 Å². The largest absolute Gasteiger partial charge is 0.508 e. The van der Waals surface area contributed by atoms with Crippen molar-refractivity contribution in [2.75, 3.05) is 0 Å². The van der Waals surface area contributed by atoms with Gasteiger partial charge in [-0.05, 0) is 42.8 Å². The Morgan fingerprint density at radius 1 is 1.00 bits per heavy atom. The lowest BCUT2D eigenvalue weighted by Crippen LogP contribution is -2.22. The molecular formula is C14H12Cl2O2. The molecule has 2 aromatic rings. The summed E-state index contributed by atoms with van der Waals surface area (Å²) >= 11 is 11.8. The Labute approximate surface area is 115 Å². The molecule has 0 radical (unpaired) electrons. The van der Waals surface area contributed by atoms with Gasteiger partial charge in [-0.1, -0.05) is 35.3 Å². The van der Waals surface area contributed by atoms with E-state index in [0.717, 1.165) is 0 Å². The molecule has 0 saturated carbocycles. The molecule has 0 saturated heterocycles. The Balaban J connectivity index is 2.57. The molecule has 0 heterocycles. The van der Waals surface area contributed by atoms with Crippen LogP contribution in [0, 0.1) is 0 Å². The van der Waals surface area contributed by atoms with Crippen LogP contribution in [0.5, 0.6) is 5.75 Å². The van der Waals surface area contributed by atoms with Gasteiger partial charge in [-0.15, -0.1) is 0 Å². The number of phenolic OH excluding ortho intramolecular Hbond substituents is 1. The maximum absolute atomic E-state index is 10.6. The third-order valence-electron chi connectivity index (χ3n) is 2.87. The first-order valence-corrected chi connectivity index (χ1v) is 6.14. The highest BCUT2D eigenvalue weighted by Crippen LogP contribution is 2.37. The topological polar surface area (TPSA) is 40.5 Å². The summed E-state index contributed by atoms with van der Waals surface area (Å²) in [5.41, 5.74) is -0.426. The fraction of sp³-hybridized carbons (Fsp3) is 0.143. The molecule has 0 aliphatic rings. The van der Waals surface area contributed by atoms with E-state index >= 15 is 0 Å². The van der Waals surface area contributed by atoms with Gasteiger partial charge in [-0.25, -0.2) is 0 Å². The van der Waals surface area contributed by atoms with Gasteiger partial charge in [0.2, 0.25) is 0 Å². The standard InChI is InChI=1S/C14H12Cl2O2/c1-14(18,9-3-2-4-10(15)7-9)12-8-11(16)5-6-13(12)17/h2-8,17-18H,1H3. The Morgan fingerprint density at radius 3 is 2.33 bits per heavy atom. The van der Waals surface area contributed by atoms with Crippen molar-refractivity contribution in [3.63, 3.8) is 0 Å². The van der Waals surface area contributed by atoms with E-state index < -0.39 is 5.60 Å². The highest BCUT2D eigenvalue weighted by Gasteiger charge is 2.29. The maximum atomic E-state index is 10.6. The highest BCUT2D eigenvalue weighted by molar-refractivity contribution is 6.31. The van der Waals surface area contributed by atoms with Gasteiger partial charge in [-0.2, -0.15) is 0 Å². The van der Waals surface area contributed by atoms with Crippen LogP contribution in [0.15, 0.2) is 42.5 Å². The lowest BCUT2D eigenvalue weighted by molar-refractivity contribution is 0.0992. The molecule has 0 amide bonds. The third kappa shape index (κ3) is 2.46. The van der Waals surface area contributed by atoms with Crippen LogP contribution in [0.1, 0.15) is 18.1 Å². The normalized spacial score (nSPS) is 14.2. The Hall–Kier alpha value is -1.22. The zero-order chi connectivity index (χ0) is 13.3. The van der Waals surface area contributed by atoms with Crippen molar-refractivity contribution in [2.45, 2.75) is 12.5 Å². The number of aliphatic hydroxyl groups is 1. The van der Waals surface area contributed by atoms with Crippen molar-refractivity contribution in [1.82, 2.24) is 0 Å². The van der Waals surface area contributed by atoms with Crippen LogP contribution in [-0.4, -0.2) is 10.2 Å². The molecule has 0 fully saturated rings. The fourth-order valence-corrected chi connectivity index (χ4v) is 2.21. The monoisotopic (exact) mass is 282 g/mol. The van der Waals surface area contributed by atoms with Gasteiger partial charge >= 0.3 is 0 Å². The molecule has 94 valence electrons. The molecular weight excluding hydrogens is 271 g/mol. The van der Waals surface area contributed by atoms with E-state index in [-0.39, 0.29) is 5.75 Å². The summed E-state index contributed by atoms with van der Waals surface area (Å²) in [7, 11) is 0. The van der Waals surface area contributed by atoms with Gasteiger partial charge < -0.3 is 10.2 Å². The molecule has 2 rings (SSSR count). The van der Waals surface area contributed by atoms with Crippen molar-refractivity contribution in [1.29, 1.82) is 0 Å². The summed E-state index contributed by atoms with van der Waals surface area (Å²) in [6.07, 6.45) is 0. The number of hydrogen-bond acceptors (Lipinski definition) is 2. The van der Waals surface area contributed by atoms with Crippen molar-refractivity contribution in [3.8, 4) is 5.75 Å². The van der Waals surface area contributed by atoms with Crippen LogP contribution < -0.4 is 0 Å². The highest BCUT2D eigenvalue weighted by atomic mass is 35.5. The summed E-state index contributed by atoms with van der Waals surface area (Å²) < 4.78 is 0. The second kappa shape index (κ2) is 4.81. The minimum absolute atomic E-state index is 0.00984. The van der Waals surface area contributed by atoms with E-state index in [4.69, 9.17) is 23.2 Å². The molecule has 4 heteroatoms. The second-order valence-electron chi connectivity index (χ2n) is 4.24. The lowest BCUT2D eigenvalue weighted by atomic mass is 9.87. The van der Waals surface area contributed by atoms with Crippen LogP contribution in [0.25, 0.3) is 0 Å². The predicted octanol–water partition coefficient (Wildman–Crippen LogP) is 3.95. The number of phenols is 1. The molecule has 2 aromatic carbocycles.